The van der Waals surface area contributed by atoms with Gasteiger partial charge in [0.15, 0.2) is 0 Å². The number of nitroso groups, excluding NO2 is 1. The average molecular weight is 195 g/mol. The van der Waals surface area contributed by atoms with Crippen LogP contribution in [-0.2, 0) is 0 Å². The number of nitrogens with one attached hydrogen (secondary N) is 1. The van der Waals surface area contributed by atoms with Crippen molar-refractivity contribution in [1.82, 2.24) is 0 Å². The molecule has 1 rings (SSSR count). The predicted molar refractivity (Wildman–Crippen MR) is 56.0 cm³/mol. The van der Waals surface area contributed by atoms with Crippen LogP contribution < -0.4 is 5.73 Å². The fraction of sp³-hybridized carbons (Fsp3) is 0.125. The fourth-order valence-electron chi connectivity index (χ4n) is 0.960. The van der Waals surface area contributed by atoms with Crippen molar-refractivity contribution in [2.24, 2.45) is 5.18 Å². The molecule has 13 heavy (non-hydrogen) atoms. The van der Waals surface area contributed by atoms with Gasteiger partial charge in [-0.2, -0.15) is 0 Å². The number of rotatable bonds is 3. The SMILES string of the molecule is CSc1cc(N)c(C=N)cc1N=O. The largest absolute Gasteiger partial charge is 0.398 e. The number of nitrogens with two attached hydrogens (primary N) is 1. The highest BCUT2D eigenvalue weighted by molar-refractivity contribution is 7.98. The maximum Gasteiger partial charge on any atom is 0.122 e. The molecule has 0 aliphatic carbocycles. The Morgan fingerprint density at radius 2 is 2.31 bits per heavy atom. The highest BCUT2D eigenvalue weighted by Crippen LogP contribution is 2.31. The topological polar surface area (TPSA) is 79.3 Å². The lowest BCUT2D eigenvalue weighted by molar-refractivity contribution is 1.35. The van der Waals surface area contributed by atoms with Gasteiger partial charge in [0.1, 0.15) is 5.69 Å². The van der Waals surface area contributed by atoms with Crippen molar-refractivity contribution >= 4 is 29.4 Å². The minimum atomic E-state index is 0.334. The summed E-state index contributed by atoms with van der Waals surface area (Å²) in [6.07, 6.45) is 2.95. The second kappa shape index (κ2) is 4.04. The average Bonchev–Trinajstić information content (AvgIpc) is 2.17. The molecule has 0 aliphatic heterocycles. The van der Waals surface area contributed by atoms with Crippen LogP contribution in [0.15, 0.2) is 22.2 Å². The Balaban J connectivity index is 3.34. The predicted octanol–water partition coefficient (Wildman–Crippen LogP) is 2.39. The van der Waals surface area contributed by atoms with Gasteiger partial charge in [-0.25, -0.2) is 0 Å². The summed E-state index contributed by atoms with van der Waals surface area (Å²) in [6.45, 7) is 0. The van der Waals surface area contributed by atoms with Crippen LogP contribution in [0.2, 0.25) is 0 Å². The van der Waals surface area contributed by atoms with Crippen molar-refractivity contribution in [2.75, 3.05) is 12.0 Å². The van der Waals surface area contributed by atoms with Crippen LogP contribution in [-0.4, -0.2) is 12.5 Å². The number of benzene rings is 1. The number of nitrogens with zero attached hydrogens (tertiary/aromatic N) is 1. The standard InChI is InChI=1S/C8H9N3OS/c1-13-8-3-6(10)5(4-9)2-7(8)11-12/h2-4,9H,10H2,1H3. The maximum absolute atomic E-state index is 10.4. The van der Waals surface area contributed by atoms with E-state index < -0.39 is 0 Å². The summed E-state index contributed by atoms with van der Waals surface area (Å²) in [7, 11) is 0. The number of anilines is 1. The second-order valence-electron chi connectivity index (χ2n) is 2.39. The van der Waals surface area contributed by atoms with Crippen molar-refractivity contribution in [3.63, 3.8) is 0 Å². The van der Waals surface area contributed by atoms with Crippen LogP contribution in [0.25, 0.3) is 0 Å². The molecule has 0 saturated heterocycles. The van der Waals surface area contributed by atoms with Crippen LogP contribution in [0, 0.1) is 10.3 Å². The molecule has 0 saturated carbocycles. The van der Waals surface area contributed by atoms with E-state index in [1.807, 2.05) is 6.26 Å². The summed E-state index contributed by atoms with van der Waals surface area (Å²) >= 11 is 1.40. The minimum absolute atomic E-state index is 0.334. The monoisotopic (exact) mass is 195 g/mol. The summed E-state index contributed by atoms with van der Waals surface area (Å²) in [6, 6.07) is 3.17. The van der Waals surface area contributed by atoms with Gasteiger partial charge in [0.05, 0.1) is 0 Å². The van der Waals surface area contributed by atoms with Gasteiger partial charge in [-0.05, 0) is 23.6 Å². The van der Waals surface area contributed by atoms with Gasteiger partial charge in [0.25, 0.3) is 0 Å². The molecule has 0 bridgehead atoms. The zero-order valence-corrected chi connectivity index (χ0v) is 7.89. The molecule has 0 aromatic heterocycles. The van der Waals surface area contributed by atoms with E-state index in [0.717, 1.165) is 11.1 Å². The Morgan fingerprint density at radius 3 is 2.77 bits per heavy atom. The molecule has 0 atom stereocenters. The Bertz CT molecular complexity index is 351. The van der Waals surface area contributed by atoms with E-state index in [-0.39, 0.29) is 0 Å². The van der Waals surface area contributed by atoms with Crippen LogP contribution in [0.4, 0.5) is 11.4 Å². The molecule has 0 spiro atoms. The lowest BCUT2D eigenvalue weighted by Crippen LogP contribution is -1.92. The van der Waals surface area contributed by atoms with Crippen LogP contribution in [0.5, 0.6) is 0 Å². The summed E-state index contributed by atoms with van der Waals surface area (Å²) in [5.41, 5.74) is 6.97. The molecular weight excluding hydrogens is 186 g/mol. The molecule has 0 aliphatic rings. The van der Waals surface area contributed by atoms with Crippen LogP contribution >= 0.6 is 11.8 Å². The van der Waals surface area contributed by atoms with Gasteiger partial charge in [0, 0.05) is 22.4 Å². The summed E-state index contributed by atoms with van der Waals surface area (Å²) in [5, 5.41) is 9.89. The third kappa shape index (κ3) is 1.86. The van der Waals surface area contributed by atoms with Crippen molar-refractivity contribution in [3.05, 3.63) is 22.6 Å². The maximum atomic E-state index is 10.4. The van der Waals surface area contributed by atoms with E-state index in [2.05, 4.69) is 5.18 Å². The molecule has 0 fully saturated rings. The first kappa shape index (κ1) is 9.73. The fourth-order valence-corrected chi connectivity index (χ4v) is 1.51. The van der Waals surface area contributed by atoms with E-state index in [9.17, 15) is 4.91 Å². The number of hydrogen-bond acceptors (Lipinski definition) is 5. The zero-order valence-electron chi connectivity index (χ0n) is 7.07. The van der Waals surface area contributed by atoms with Crippen LogP contribution in [0.3, 0.4) is 0 Å². The number of hydrogen-bond donors (Lipinski definition) is 2. The Labute approximate surface area is 80.0 Å². The van der Waals surface area contributed by atoms with E-state index >= 15 is 0 Å². The van der Waals surface area contributed by atoms with Gasteiger partial charge in [-0.1, -0.05) is 0 Å². The smallest absolute Gasteiger partial charge is 0.122 e. The molecule has 0 heterocycles. The van der Waals surface area contributed by atoms with Crippen molar-refractivity contribution in [2.45, 2.75) is 4.90 Å². The highest BCUT2D eigenvalue weighted by Gasteiger charge is 2.05. The molecule has 0 unspecified atom stereocenters. The lowest BCUT2D eigenvalue weighted by atomic mass is 10.2. The van der Waals surface area contributed by atoms with Crippen molar-refractivity contribution < 1.29 is 0 Å². The van der Waals surface area contributed by atoms with Gasteiger partial charge >= 0.3 is 0 Å². The minimum Gasteiger partial charge on any atom is -0.398 e. The first-order valence-electron chi connectivity index (χ1n) is 3.54. The first-order chi connectivity index (χ1) is 6.22. The quantitative estimate of drug-likeness (QED) is 0.336. The molecule has 1 aromatic rings. The van der Waals surface area contributed by atoms with Crippen molar-refractivity contribution in [1.29, 1.82) is 5.41 Å². The Hall–Kier alpha value is -1.36. The summed E-state index contributed by atoms with van der Waals surface area (Å²) in [4.78, 5) is 11.1. The molecular formula is C8H9N3OS. The van der Waals surface area contributed by atoms with E-state index in [1.54, 1.807) is 6.07 Å². The highest BCUT2D eigenvalue weighted by atomic mass is 32.2. The number of nitrogen functional groups attached to an aromatic ring is 1. The van der Waals surface area contributed by atoms with E-state index in [1.165, 1.54) is 17.8 Å². The van der Waals surface area contributed by atoms with Gasteiger partial charge in [0.2, 0.25) is 0 Å². The molecule has 3 N–H and O–H groups in total. The van der Waals surface area contributed by atoms with Crippen LogP contribution in [0.1, 0.15) is 5.56 Å². The summed E-state index contributed by atoms with van der Waals surface area (Å²) < 4.78 is 0. The molecule has 0 radical (unpaired) electrons. The Morgan fingerprint density at radius 1 is 1.62 bits per heavy atom. The second-order valence-corrected chi connectivity index (χ2v) is 3.24. The third-order valence-corrected chi connectivity index (χ3v) is 2.41. The zero-order chi connectivity index (χ0) is 9.84. The summed E-state index contributed by atoms with van der Waals surface area (Å²) in [5.74, 6) is 0. The van der Waals surface area contributed by atoms with Gasteiger partial charge in [-0.3, -0.25) is 0 Å². The van der Waals surface area contributed by atoms with Gasteiger partial charge < -0.3 is 11.1 Å². The molecule has 1 aromatic carbocycles. The number of thioether (sulfide) groups is 1. The molecule has 0 amide bonds. The van der Waals surface area contributed by atoms with Gasteiger partial charge in [-0.15, -0.1) is 16.7 Å². The van der Waals surface area contributed by atoms with E-state index in [0.29, 0.717) is 16.9 Å². The molecule has 68 valence electrons. The Kier molecular flexibility index (Phi) is 3.02. The lowest BCUT2D eigenvalue weighted by Gasteiger charge is -2.04. The third-order valence-electron chi connectivity index (χ3n) is 1.64. The normalized spacial score (nSPS) is 9.62. The first-order valence-corrected chi connectivity index (χ1v) is 4.76. The molecule has 4 nitrogen and oxygen atoms in total. The van der Waals surface area contributed by atoms with E-state index in [4.69, 9.17) is 11.1 Å². The van der Waals surface area contributed by atoms with Crippen molar-refractivity contribution in [3.8, 4) is 0 Å². The molecule has 5 heteroatoms.